The highest BCUT2D eigenvalue weighted by atomic mass is 19.1. The van der Waals surface area contributed by atoms with Gasteiger partial charge in [0.2, 0.25) is 0 Å². The first-order valence-electron chi connectivity index (χ1n) is 6.49. The van der Waals surface area contributed by atoms with Crippen molar-refractivity contribution in [2.24, 2.45) is 0 Å². The van der Waals surface area contributed by atoms with Crippen LogP contribution in [-0.4, -0.2) is 36.0 Å². The van der Waals surface area contributed by atoms with Gasteiger partial charge in [-0.15, -0.1) is 10.2 Å². The van der Waals surface area contributed by atoms with E-state index in [1.807, 2.05) is 0 Å². The highest BCUT2D eigenvalue weighted by Crippen LogP contribution is 2.20. The fourth-order valence-electron chi connectivity index (χ4n) is 1.94. The first kappa shape index (κ1) is 14.6. The monoisotopic (exact) mass is 315 g/mol. The number of carboxylic acid groups (broad SMARTS) is 1. The van der Waals surface area contributed by atoms with E-state index in [1.165, 1.54) is 37.3 Å². The Morgan fingerprint density at radius 1 is 1.26 bits per heavy atom. The highest BCUT2D eigenvalue weighted by Gasteiger charge is 2.18. The molecule has 2 heterocycles. The molecule has 8 nitrogen and oxygen atoms in total. The summed E-state index contributed by atoms with van der Waals surface area (Å²) in [6.45, 7) is 1.47. The van der Waals surface area contributed by atoms with Crippen molar-refractivity contribution >= 4 is 5.97 Å². The van der Waals surface area contributed by atoms with Crippen molar-refractivity contribution in [3.63, 3.8) is 0 Å². The second kappa shape index (κ2) is 5.44. The van der Waals surface area contributed by atoms with E-state index in [-0.39, 0.29) is 17.3 Å². The third-order valence-corrected chi connectivity index (χ3v) is 3.12. The summed E-state index contributed by atoms with van der Waals surface area (Å²) in [6.07, 6.45) is 0. The van der Waals surface area contributed by atoms with Crippen molar-refractivity contribution in [1.29, 1.82) is 0 Å². The van der Waals surface area contributed by atoms with Crippen molar-refractivity contribution in [3.8, 4) is 17.2 Å². The second-order valence-electron chi connectivity index (χ2n) is 4.70. The van der Waals surface area contributed by atoms with Gasteiger partial charge in [0, 0.05) is 5.56 Å². The van der Waals surface area contributed by atoms with Crippen LogP contribution in [0.4, 0.5) is 4.39 Å². The summed E-state index contributed by atoms with van der Waals surface area (Å²) in [5, 5.41) is 20.8. The van der Waals surface area contributed by atoms with Crippen molar-refractivity contribution in [1.82, 2.24) is 25.0 Å². The Balaban J connectivity index is 2.16. The quantitative estimate of drug-likeness (QED) is 0.750. The molecule has 0 spiro atoms. The molecule has 2 N–H and O–H groups in total. The van der Waals surface area contributed by atoms with Gasteiger partial charge in [-0.1, -0.05) is 0 Å². The van der Waals surface area contributed by atoms with Gasteiger partial charge >= 0.3 is 5.97 Å². The maximum absolute atomic E-state index is 13.0. The Morgan fingerprint density at radius 2 is 1.96 bits per heavy atom. The average Bonchev–Trinajstić information content (AvgIpc) is 2.96. The molecule has 0 saturated heterocycles. The summed E-state index contributed by atoms with van der Waals surface area (Å²) in [4.78, 5) is 25.4. The fourth-order valence-corrected chi connectivity index (χ4v) is 1.94. The molecule has 2 aromatic heterocycles. The van der Waals surface area contributed by atoms with Gasteiger partial charge in [0.15, 0.2) is 5.69 Å². The number of carboxylic acids is 1. The largest absolute Gasteiger partial charge is 0.477 e. The number of aryl methyl sites for hydroxylation is 1. The van der Waals surface area contributed by atoms with Gasteiger partial charge in [-0.2, -0.15) is 9.78 Å². The lowest BCUT2D eigenvalue weighted by atomic mass is 10.1. The number of nitrogens with zero attached hydrogens (tertiary/aromatic N) is 4. The Kier molecular flexibility index (Phi) is 3.45. The molecular weight excluding hydrogens is 305 g/mol. The molecule has 0 fully saturated rings. The van der Waals surface area contributed by atoms with Gasteiger partial charge in [0.25, 0.3) is 11.5 Å². The van der Waals surface area contributed by atoms with Crippen LogP contribution in [0.3, 0.4) is 0 Å². The van der Waals surface area contributed by atoms with Gasteiger partial charge in [0.05, 0.1) is 5.69 Å². The minimum absolute atomic E-state index is 0.119. The van der Waals surface area contributed by atoms with Crippen LogP contribution >= 0.6 is 0 Å². The minimum atomic E-state index is -1.26. The summed E-state index contributed by atoms with van der Waals surface area (Å²) in [5.41, 5.74) is 0.264. The summed E-state index contributed by atoms with van der Waals surface area (Å²) in [5.74, 6) is -1.79. The molecule has 0 amide bonds. The van der Waals surface area contributed by atoms with E-state index in [0.29, 0.717) is 11.3 Å². The predicted octanol–water partition coefficient (Wildman–Crippen LogP) is 1.16. The van der Waals surface area contributed by atoms with E-state index >= 15 is 0 Å². The third-order valence-electron chi connectivity index (χ3n) is 3.12. The maximum atomic E-state index is 13.0. The van der Waals surface area contributed by atoms with Crippen LogP contribution in [0.2, 0.25) is 0 Å². The molecule has 3 rings (SSSR count). The van der Waals surface area contributed by atoms with Gasteiger partial charge in [0.1, 0.15) is 11.5 Å². The van der Waals surface area contributed by atoms with Gasteiger partial charge in [-0.3, -0.25) is 9.78 Å². The van der Waals surface area contributed by atoms with E-state index in [0.717, 1.165) is 4.68 Å². The van der Waals surface area contributed by atoms with Crippen LogP contribution in [0.25, 0.3) is 17.2 Å². The Hall–Kier alpha value is -3.36. The summed E-state index contributed by atoms with van der Waals surface area (Å²) >= 11 is 0. The Bertz CT molecular complexity index is 946. The second-order valence-corrected chi connectivity index (χ2v) is 4.70. The van der Waals surface area contributed by atoms with Crippen LogP contribution in [0, 0.1) is 12.7 Å². The molecule has 0 aliphatic rings. The number of hydrogen-bond donors (Lipinski definition) is 2. The highest BCUT2D eigenvalue weighted by molar-refractivity contribution is 5.87. The zero-order valence-electron chi connectivity index (χ0n) is 11.8. The molecule has 0 aliphatic heterocycles. The van der Waals surface area contributed by atoms with Crippen molar-refractivity contribution in [2.45, 2.75) is 6.92 Å². The molecule has 0 saturated carbocycles. The van der Waals surface area contributed by atoms with Crippen LogP contribution in [0.15, 0.2) is 35.1 Å². The fraction of sp³-hybridized carbons (Fsp3) is 0.0714. The Morgan fingerprint density at radius 3 is 2.57 bits per heavy atom. The predicted molar refractivity (Wildman–Crippen MR) is 76.9 cm³/mol. The summed E-state index contributed by atoms with van der Waals surface area (Å²) in [7, 11) is 0. The molecule has 1 aromatic carbocycles. The molecule has 116 valence electrons. The van der Waals surface area contributed by atoms with Crippen molar-refractivity contribution in [2.75, 3.05) is 0 Å². The Labute approximate surface area is 128 Å². The van der Waals surface area contributed by atoms with Gasteiger partial charge in [-0.25, -0.2) is 9.18 Å². The number of halogens is 1. The van der Waals surface area contributed by atoms with Crippen LogP contribution < -0.4 is 5.56 Å². The number of nitrogens with one attached hydrogen (secondary N) is 1. The zero-order chi connectivity index (χ0) is 16.6. The topological polar surface area (TPSA) is 114 Å². The molecular formula is C14H10FN5O3. The van der Waals surface area contributed by atoms with E-state index < -0.39 is 17.3 Å². The summed E-state index contributed by atoms with van der Waals surface area (Å²) in [6, 6.07) is 6.72. The molecule has 0 bridgehead atoms. The van der Waals surface area contributed by atoms with E-state index in [4.69, 9.17) is 0 Å². The number of aromatic nitrogens is 5. The lowest BCUT2D eigenvalue weighted by Crippen LogP contribution is -2.20. The summed E-state index contributed by atoms with van der Waals surface area (Å²) < 4.78 is 14.0. The average molecular weight is 315 g/mol. The number of carbonyl (C=O) groups is 1. The molecule has 23 heavy (non-hydrogen) atoms. The number of aromatic carboxylic acids is 1. The first-order valence-corrected chi connectivity index (χ1v) is 6.49. The van der Waals surface area contributed by atoms with Crippen molar-refractivity contribution in [3.05, 3.63) is 57.9 Å². The standard InChI is InChI=1S/C14H10FN5O3/c1-7-12(21)16-14(18-17-7)20-11(13(22)23)6-10(19-20)8-2-4-9(15)5-3-8/h2-6H,1H3,(H,22,23)(H,16,18,21). The van der Waals surface area contributed by atoms with Crippen LogP contribution in [-0.2, 0) is 0 Å². The lowest BCUT2D eigenvalue weighted by molar-refractivity contribution is 0.0686. The van der Waals surface area contributed by atoms with Crippen molar-refractivity contribution < 1.29 is 14.3 Å². The van der Waals surface area contributed by atoms with Gasteiger partial charge in [-0.05, 0) is 37.3 Å². The van der Waals surface area contributed by atoms with Crippen LogP contribution in [0.1, 0.15) is 16.2 Å². The lowest BCUT2D eigenvalue weighted by Gasteiger charge is -2.02. The van der Waals surface area contributed by atoms with E-state index in [2.05, 4.69) is 20.3 Å². The number of benzene rings is 1. The van der Waals surface area contributed by atoms with Gasteiger partial charge < -0.3 is 5.11 Å². The first-order chi connectivity index (χ1) is 11.0. The number of hydrogen-bond acceptors (Lipinski definition) is 5. The molecule has 0 radical (unpaired) electrons. The molecule has 0 atom stereocenters. The normalized spacial score (nSPS) is 10.7. The maximum Gasteiger partial charge on any atom is 0.354 e. The smallest absolute Gasteiger partial charge is 0.354 e. The van der Waals surface area contributed by atoms with Crippen LogP contribution in [0.5, 0.6) is 0 Å². The number of H-pyrrole nitrogens is 1. The molecule has 3 aromatic rings. The SMILES string of the molecule is Cc1nnc(-n2nc(-c3ccc(F)cc3)cc2C(=O)O)[nH]c1=O. The van der Waals surface area contributed by atoms with E-state index in [9.17, 15) is 19.1 Å². The number of rotatable bonds is 3. The zero-order valence-corrected chi connectivity index (χ0v) is 11.8. The third kappa shape index (κ3) is 2.71. The molecule has 0 unspecified atom stereocenters. The minimum Gasteiger partial charge on any atom is -0.477 e. The van der Waals surface area contributed by atoms with E-state index in [1.54, 1.807) is 0 Å². The molecule has 9 heteroatoms. The molecule has 0 aliphatic carbocycles. The number of aromatic amines is 1.